The van der Waals surface area contributed by atoms with Gasteiger partial charge >= 0.3 is 0 Å². The molecule has 1 saturated heterocycles. The van der Waals surface area contributed by atoms with Gasteiger partial charge in [0.05, 0.1) is 24.8 Å². The summed E-state index contributed by atoms with van der Waals surface area (Å²) in [6, 6.07) is 11.7. The number of hydrogen-bond acceptors (Lipinski definition) is 8. The molecule has 1 aromatic heterocycles. The molecule has 0 radical (unpaired) electrons. The summed E-state index contributed by atoms with van der Waals surface area (Å²) in [5.41, 5.74) is 1.56. The van der Waals surface area contributed by atoms with E-state index in [-0.39, 0.29) is 24.0 Å². The number of aliphatic hydroxyl groups excluding tert-OH is 1. The minimum Gasteiger partial charge on any atom is -0.508 e. The van der Waals surface area contributed by atoms with Gasteiger partial charge in [0.1, 0.15) is 22.9 Å². The molecule has 0 aliphatic carbocycles. The zero-order valence-corrected chi connectivity index (χ0v) is 19.4. The number of rotatable bonds is 8. The molecule has 4 rings (SSSR count). The summed E-state index contributed by atoms with van der Waals surface area (Å²) in [6.07, 6.45) is 3.25. The van der Waals surface area contributed by atoms with Crippen molar-refractivity contribution in [3.05, 3.63) is 64.8 Å². The topological polar surface area (TPSA) is 120 Å². The van der Waals surface area contributed by atoms with Crippen molar-refractivity contribution in [1.82, 2.24) is 9.97 Å². The number of nitrogens with one attached hydrogen (secondary N) is 2. The molecule has 1 amide bonds. The monoisotopic (exact) mass is 483 g/mol. The fourth-order valence-corrected chi connectivity index (χ4v) is 4.17. The number of carbonyl (C=O) groups excluding carboxylic acids is 1. The van der Waals surface area contributed by atoms with Gasteiger partial charge in [0.15, 0.2) is 0 Å². The molecule has 178 valence electrons. The van der Waals surface area contributed by atoms with E-state index < -0.39 is 5.91 Å². The number of benzene rings is 2. The van der Waals surface area contributed by atoms with Gasteiger partial charge < -0.3 is 30.5 Å². The Morgan fingerprint density at radius 2 is 2.15 bits per heavy atom. The number of aromatic nitrogens is 2. The van der Waals surface area contributed by atoms with Crippen LogP contribution in [0.5, 0.6) is 11.5 Å². The molecule has 1 fully saturated rings. The van der Waals surface area contributed by atoms with Gasteiger partial charge in [-0.05, 0) is 42.7 Å². The Bertz CT molecular complexity index is 1180. The maximum absolute atomic E-state index is 13.0. The van der Waals surface area contributed by atoms with Gasteiger partial charge in [-0.1, -0.05) is 23.7 Å². The fourth-order valence-electron chi connectivity index (χ4n) is 3.89. The molecule has 2 aromatic carbocycles. The summed E-state index contributed by atoms with van der Waals surface area (Å²) in [4.78, 5) is 24.0. The number of hydrogen-bond donors (Lipinski definition) is 4. The molecule has 0 saturated carbocycles. The third-order valence-electron chi connectivity index (χ3n) is 5.65. The van der Waals surface area contributed by atoms with E-state index in [1.165, 1.54) is 18.3 Å². The minimum absolute atomic E-state index is 0.0101. The predicted octanol–water partition coefficient (Wildman–Crippen LogP) is 3.67. The summed E-state index contributed by atoms with van der Waals surface area (Å²) in [7, 11) is 1.55. The average Bonchev–Trinajstić information content (AvgIpc) is 3.31. The quantitative estimate of drug-likeness (QED) is 0.383. The first-order valence-electron chi connectivity index (χ1n) is 10.9. The molecule has 0 bridgehead atoms. The van der Waals surface area contributed by atoms with Crippen molar-refractivity contribution >= 4 is 35.0 Å². The number of phenolic OH excluding ortho intramolecular Hbond substituents is 1. The Morgan fingerprint density at radius 1 is 1.29 bits per heavy atom. The summed E-state index contributed by atoms with van der Waals surface area (Å²) >= 11 is 6.25. The first-order chi connectivity index (χ1) is 16.5. The number of halogens is 1. The maximum atomic E-state index is 13.0. The third kappa shape index (κ3) is 5.32. The van der Waals surface area contributed by atoms with E-state index in [0.717, 1.165) is 24.9 Å². The maximum Gasteiger partial charge on any atom is 0.260 e. The van der Waals surface area contributed by atoms with Gasteiger partial charge in [-0.2, -0.15) is 4.98 Å². The molecular weight excluding hydrogens is 458 g/mol. The first-order valence-corrected chi connectivity index (χ1v) is 11.3. The Morgan fingerprint density at radius 3 is 2.88 bits per heavy atom. The Hall–Kier alpha value is -3.56. The number of aromatic hydroxyl groups is 1. The standard InChI is InChI=1S/C24H26ClN5O4/c1-34-21-8-7-15(10-20(21)25)12-26-22-19(23(33)28-16-4-2-6-18(32)11-16)13-27-24(29-22)30-9-3-5-17(30)14-31/h2,4,6-8,10-11,13,17,31-32H,3,5,9,12,14H2,1H3,(H,28,33)(H,26,27,29)/t17-/m0/s1. The van der Waals surface area contributed by atoms with Crippen LogP contribution in [0.3, 0.4) is 0 Å². The van der Waals surface area contributed by atoms with Gasteiger partial charge in [0.2, 0.25) is 5.95 Å². The van der Waals surface area contributed by atoms with E-state index in [2.05, 4.69) is 20.6 Å². The van der Waals surface area contributed by atoms with Crippen LogP contribution < -0.4 is 20.3 Å². The van der Waals surface area contributed by atoms with Crippen LogP contribution in [0.2, 0.25) is 5.02 Å². The van der Waals surface area contributed by atoms with E-state index >= 15 is 0 Å². The van der Waals surface area contributed by atoms with Crippen molar-refractivity contribution in [2.75, 3.05) is 35.8 Å². The number of methoxy groups -OCH3 is 1. The van der Waals surface area contributed by atoms with E-state index in [1.807, 2.05) is 11.0 Å². The van der Waals surface area contributed by atoms with Crippen LogP contribution in [0.25, 0.3) is 0 Å². The second kappa shape index (κ2) is 10.6. The van der Waals surface area contributed by atoms with E-state index in [4.69, 9.17) is 16.3 Å². The molecule has 9 nitrogen and oxygen atoms in total. The average molecular weight is 484 g/mol. The molecule has 0 spiro atoms. The molecule has 2 heterocycles. The number of anilines is 3. The van der Waals surface area contributed by atoms with Crippen LogP contribution in [0, 0.1) is 0 Å². The lowest BCUT2D eigenvalue weighted by Gasteiger charge is -2.24. The Balaban J connectivity index is 1.61. The summed E-state index contributed by atoms with van der Waals surface area (Å²) in [6.45, 7) is 1.10. The smallest absolute Gasteiger partial charge is 0.260 e. The van der Waals surface area contributed by atoms with Gasteiger partial charge in [0.25, 0.3) is 5.91 Å². The lowest BCUT2D eigenvalue weighted by Crippen LogP contribution is -2.33. The lowest BCUT2D eigenvalue weighted by atomic mass is 10.2. The minimum atomic E-state index is -0.424. The molecule has 0 unspecified atom stereocenters. The largest absolute Gasteiger partial charge is 0.508 e. The highest BCUT2D eigenvalue weighted by Crippen LogP contribution is 2.27. The number of ether oxygens (including phenoxy) is 1. The summed E-state index contributed by atoms with van der Waals surface area (Å²) < 4.78 is 5.20. The first kappa shape index (κ1) is 23.6. The van der Waals surface area contributed by atoms with Gasteiger partial charge in [-0.15, -0.1) is 0 Å². The Labute approximate surface area is 202 Å². The second-order valence-corrected chi connectivity index (χ2v) is 8.34. The molecule has 34 heavy (non-hydrogen) atoms. The normalized spacial score (nSPS) is 15.3. The van der Waals surface area contributed by atoms with Crippen molar-refractivity contribution in [2.24, 2.45) is 0 Å². The molecule has 1 aliphatic heterocycles. The highest BCUT2D eigenvalue weighted by molar-refractivity contribution is 6.32. The summed E-state index contributed by atoms with van der Waals surface area (Å²) in [5, 5.41) is 25.9. The SMILES string of the molecule is COc1ccc(CNc2nc(N3CCC[C@H]3CO)ncc2C(=O)Nc2cccc(O)c2)cc1Cl. The van der Waals surface area contributed by atoms with Crippen LogP contribution in [0.1, 0.15) is 28.8 Å². The summed E-state index contributed by atoms with van der Waals surface area (Å²) in [5.74, 6) is 0.986. The van der Waals surface area contributed by atoms with Gasteiger partial charge in [-0.3, -0.25) is 4.79 Å². The molecule has 3 aromatic rings. The Kier molecular flexibility index (Phi) is 7.34. The molecule has 1 aliphatic rings. The van der Waals surface area contributed by atoms with E-state index in [0.29, 0.717) is 34.8 Å². The molecule has 4 N–H and O–H groups in total. The second-order valence-electron chi connectivity index (χ2n) is 7.93. The number of nitrogens with zero attached hydrogens (tertiary/aromatic N) is 3. The van der Waals surface area contributed by atoms with Crippen molar-refractivity contribution in [3.8, 4) is 11.5 Å². The van der Waals surface area contributed by atoms with Crippen molar-refractivity contribution < 1.29 is 19.7 Å². The number of amides is 1. The van der Waals surface area contributed by atoms with Gasteiger partial charge in [0, 0.05) is 31.0 Å². The van der Waals surface area contributed by atoms with Crippen LogP contribution in [0.4, 0.5) is 17.5 Å². The van der Waals surface area contributed by atoms with Crippen LogP contribution in [-0.2, 0) is 6.54 Å². The zero-order valence-electron chi connectivity index (χ0n) is 18.7. The number of aliphatic hydroxyl groups is 1. The third-order valence-corrected chi connectivity index (χ3v) is 5.94. The van der Waals surface area contributed by atoms with Gasteiger partial charge in [-0.25, -0.2) is 4.98 Å². The van der Waals surface area contributed by atoms with E-state index in [1.54, 1.807) is 31.4 Å². The molecule has 1 atom stereocenters. The van der Waals surface area contributed by atoms with Crippen LogP contribution >= 0.6 is 11.6 Å². The van der Waals surface area contributed by atoms with Crippen molar-refractivity contribution in [3.63, 3.8) is 0 Å². The fraction of sp³-hybridized carbons (Fsp3) is 0.292. The molecule has 10 heteroatoms. The highest BCUT2D eigenvalue weighted by Gasteiger charge is 2.27. The number of carbonyl (C=O) groups is 1. The highest BCUT2D eigenvalue weighted by atomic mass is 35.5. The van der Waals surface area contributed by atoms with Crippen molar-refractivity contribution in [2.45, 2.75) is 25.4 Å². The molecular formula is C24H26ClN5O4. The lowest BCUT2D eigenvalue weighted by molar-refractivity contribution is 0.102. The predicted molar refractivity (Wildman–Crippen MR) is 131 cm³/mol. The zero-order chi connectivity index (χ0) is 24.1. The van der Waals surface area contributed by atoms with Crippen LogP contribution in [0.15, 0.2) is 48.7 Å². The van der Waals surface area contributed by atoms with Crippen molar-refractivity contribution in [1.29, 1.82) is 0 Å². The van der Waals surface area contributed by atoms with E-state index in [9.17, 15) is 15.0 Å². The number of phenols is 1. The van der Waals surface area contributed by atoms with Crippen LogP contribution in [-0.4, -0.2) is 52.4 Å².